The van der Waals surface area contributed by atoms with E-state index in [4.69, 9.17) is 0 Å². The molecule has 0 fully saturated rings. The Morgan fingerprint density at radius 2 is 1.83 bits per heavy atom. The number of Topliss-reactive ketones (excluding diaryl/α,β-unsaturated/α-hetero) is 1. The van der Waals surface area contributed by atoms with Gasteiger partial charge in [0.05, 0.1) is 16.8 Å². The maximum absolute atomic E-state index is 13.4. The van der Waals surface area contributed by atoms with E-state index in [0.717, 1.165) is 20.3 Å². The lowest BCUT2D eigenvalue weighted by Gasteiger charge is -2.20. The van der Waals surface area contributed by atoms with E-state index in [0.29, 0.717) is 22.8 Å². The van der Waals surface area contributed by atoms with Crippen LogP contribution in [0.4, 0.5) is 5.13 Å². The van der Waals surface area contributed by atoms with Gasteiger partial charge in [-0.3, -0.25) is 19.5 Å². The highest BCUT2D eigenvalue weighted by Gasteiger charge is 2.22. The number of thiazole rings is 1. The van der Waals surface area contributed by atoms with Gasteiger partial charge in [0.15, 0.2) is 10.9 Å². The highest BCUT2D eigenvalue weighted by molar-refractivity contribution is 9.10. The summed E-state index contributed by atoms with van der Waals surface area (Å²) in [5, 5.41) is 0.614. The second-order valence-electron chi connectivity index (χ2n) is 6.49. The van der Waals surface area contributed by atoms with Crippen LogP contribution in [-0.2, 0) is 6.54 Å². The number of nitrogens with zero attached hydrogens (tertiary/aromatic N) is 3. The topological polar surface area (TPSA) is 63.2 Å². The van der Waals surface area contributed by atoms with Crippen LogP contribution in [-0.4, -0.2) is 21.7 Å². The van der Waals surface area contributed by atoms with Gasteiger partial charge in [0.1, 0.15) is 0 Å². The molecule has 0 unspecified atom stereocenters. The smallest absolute Gasteiger partial charge is 0.260 e. The number of benzene rings is 2. The minimum absolute atomic E-state index is 0.0343. The van der Waals surface area contributed by atoms with Crippen molar-refractivity contribution in [3.8, 4) is 0 Å². The number of hydrogen-bond acceptors (Lipinski definition) is 5. The first-order valence-electron chi connectivity index (χ1n) is 8.89. The monoisotopic (exact) mass is 465 g/mol. The Balaban J connectivity index is 1.74. The molecule has 4 rings (SSSR count). The van der Waals surface area contributed by atoms with E-state index in [9.17, 15) is 9.59 Å². The van der Waals surface area contributed by atoms with Gasteiger partial charge in [0.2, 0.25) is 0 Å². The Morgan fingerprint density at radius 3 is 2.52 bits per heavy atom. The standard InChI is InChI=1S/C22H16BrN3O2S/c1-14(27)16-4-6-17(7-5-16)21(28)26(13-15-3-2-10-24-12-15)22-25-19-9-8-18(23)11-20(19)29-22/h2-12H,13H2,1H3. The first kappa shape index (κ1) is 19.4. The molecule has 0 bridgehead atoms. The van der Waals surface area contributed by atoms with Crippen LogP contribution in [0.2, 0.25) is 0 Å². The lowest BCUT2D eigenvalue weighted by Crippen LogP contribution is -2.30. The molecule has 4 aromatic rings. The van der Waals surface area contributed by atoms with Crippen LogP contribution in [0.5, 0.6) is 0 Å². The summed E-state index contributed by atoms with van der Waals surface area (Å²) in [5.74, 6) is -0.213. The summed E-state index contributed by atoms with van der Waals surface area (Å²) >= 11 is 4.94. The maximum atomic E-state index is 13.4. The van der Waals surface area contributed by atoms with Gasteiger partial charge in [0.25, 0.3) is 5.91 Å². The van der Waals surface area contributed by atoms with Crippen molar-refractivity contribution in [1.29, 1.82) is 0 Å². The summed E-state index contributed by atoms with van der Waals surface area (Å²) in [6.07, 6.45) is 3.44. The van der Waals surface area contributed by atoms with E-state index in [-0.39, 0.29) is 11.7 Å². The Kier molecular flexibility index (Phi) is 5.51. The normalized spacial score (nSPS) is 10.8. The summed E-state index contributed by atoms with van der Waals surface area (Å²) in [5.41, 5.74) is 2.82. The Hall–Kier alpha value is -2.90. The second-order valence-corrected chi connectivity index (χ2v) is 8.42. The molecule has 5 nitrogen and oxygen atoms in total. The fourth-order valence-electron chi connectivity index (χ4n) is 2.91. The van der Waals surface area contributed by atoms with Gasteiger partial charge in [0, 0.05) is 28.0 Å². The number of carbonyl (C=O) groups is 2. The Labute approximate surface area is 180 Å². The fraction of sp³-hybridized carbons (Fsp3) is 0.0909. The van der Waals surface area contributed by atoms with Gasteiger partial charge in [-0.15, -0.1) is 0 Å². The zero-order valence-electron chi connectivity index (χ0n) is 15.5. The summed E-state index contributed by atoms with van der Waals surface area (Å²) in [4.78, 5) is 35.4. The summed E-state index contributed by atoms with van der Waals surface area (Å²) in [6.45, 7) is 1.85. The number of anilines is 1. The third-order valence-corrected chi connectivity index (χ3v) is 5.95. The van der Waals surface area contributed by atoms with Crippen molar-refractivity contribution in [3.63, 3.8) is 0 Å². The van der Waals surface area contributed by atoms with E-state index in [2.05, 4.69) is 25.9 Å². The number of fused-ring (bicyclic) bond motifs is 1. The molecule has 2 aromatic heterocycles. The number of carbonyl (C=O) groups excluding carboxylic acids is 2. The van der Waals surface area contributed by atoms with Crippen LogP contribution in [0.3, 0.4) is 0 Å². The molecule has 0 aliphatic carbocycles. The molecule has 1 amide bonds. The SMILES string of the molecule is CC(=O)c1ccc(C(=O)N(Cc2cccnc2)c2nc3ccc(Br)cc3s2)cc1. The van der Waals surface area contributed by atoms with Crippen molar-refractivity contribution in [2.24, 2.45) is 0 Å². The molecule has 0 aliphatic heterocycles. The van der Waals surface area contributed by atoms with E-state index >= 15 is 0 Å². The molecule has 0 aliphatic rings. The predicted octanol–water partition coefficient (Wildman–Crippen LogP) is 5.50. The Bertz CT molecular complexity index is 1190. The lowest BCUT2D eigenvalue weighted by molar-refractivity contribution is 0.0981. The molecule has 0 spiro atoms. The van der Waals surface area contributed by atoms with Crippen molar-refractivity contribution in [3.05, 3.63) is 88.2 Å². The van der Waals surface area contributed by atoms with Crippen molar-refractivity contribution in [2.45, 2.75) is 13.5 Å². The van der Waals surface area contributed by atoms with Gasteiger partial charge in [-0.05, 0) is 48.9 Å². The zero-order valence-corrected chi connectivity index (χ0v) is 17.9. The molecule has 0 atom stereocenters. The van der Waals surface area contributed by atoms with Crippen LogP contribution < -0.4 is 4.90 Å². The molecule has 0 radical (unpaired) electrons. The van der Waals surface area contributed by atoms with E-state index in [1.807, 2.05) is 30.3 Å². The highest BCUT2D eigenvalue weighted by Crippen LogP contribution is 2.32. The second kappa shape index (κ2) is 8.23. The van der Waals surface area contributed by atoms with Gasteiger partial charge in [-0.2, -0.15) is 0 Å². The van der Waals surface area contributed by atoms with Crippen LogP contribution in [0, 0.1) is 0 Å². The molecule has 144 valence electrons. The maximum Gasteiger partial charge on any atom is 0.260 e. The van der Waals surface area contributed by atoms with Crippen LogP contribution in [0.1, 0.15) is 33.2 Å². The van der Waals surface area contributed by atoms with E-state index in [1.54, 1.807) is 41.6 Å². The molecule has 7 heteroatoms. The third-order valence-electron chi connectivity index (χ3n) is 4.42. The minimum Gasteiger partial charge on any atom is -0.295 e. The molecular formula is C22H16BrN3O2S. The molecule has 0 saturated carbocycles. The summed E-state index contributed by atoms with van der Waals surface area (Å²) < 4.78 is 1.95. The number of pyridine rings is 1. The average molecular weight is 466 g/mol. The fourth-order valence-corrected chi connectivity index (χ4v) is 4.42. The molecule has 0 N–H and O–H groups in total. The number of ketones is 1. The van der Waals surface area contributed by atoms with Gasteiger partial charge >= 0.3 is 0 Å². The Morgan fingerprint density at radius 1 is 1.07 bits per heavy atom. The molecule has 0 saturated heterocycles. The quantitative estimate of drug-likeness (QED) is 0.364. The third kappa shape index (κ3) is 4.26. The number of amides is 1. The van der Waals surface area contributed by atoms with Crippen LogP contribution >= 0.6 is 27.3 Å². The number of rotatable bonds is 5. The lowest BCUT2D eigenvalue weighted by atomic mass is 10.1. The van der Waals surface area contributed by atoms with Crippen molar-refractivity contribution >= 4 is 54.3 Å². The van der Waals surface area contributed by atoms with Gasteiger partial charge < -0.3 is 0 Å². The first-order valence-corrected chi connectivity index (χ1v) is 10.5. The predicted molar refractivity (Wildman–Crippen MR) is 119 cm³/mol. The van der Waals surface area contributed by atoms with Crippen molar-refractivity contribution in [2.75, 3.05) is 4.90 Å². The zero-order chi connectivity index (χ0) is 20.4. The highest BCUT2D eigenvalue weighted by atomic mass is 79.9. The van der Waals surface area contributed by atoms with Gasteiger partial charge in [-0.25, -0.2) is 4.98 Å². The largest absolute Gasteiger partial charge is 0.295 e. The number of hydrogen-bond donors (Lipinski definition) is 0. The number of aromatic nitrogens is 2. The summed E-state index contributed by atoms with van der Waals surface area (Å²) in [7, 11) is 0. The molecule has 2 aromatic carbocycles. The molecule has 2 heterocycles. The minimum atomic E-state index is -0.179. The van der Waals surface area contributed by atoms with E-state index < -0.39 is 0 Å². The van der Waals surface area contributed by atoms with Crippen molar-refractivity contribution < 1.29 is 9.59 Å². The average Bonchev–Trinajstić information content (AvgIpc) is 3.15. The molecule has 29 heavy (non-hydrogen) atoms. The van der Waals surface area contributed by atoms with E-state index in [1.165, 1.54) is 18.3 Å². The molecular weight excluding hydrogens is 450 g/mol. The number of halogens is 1. The van der Waals surface area contributed by atoms with Crippen LogP contribution in [0.25, 0.3) is 10.2 Å². The van der Waals surface area contributed by atoms with Gasteiger partial charge in [-0.1, -0.05) is 45.5 Å². The van der Waals surface area contributed by atoms with Crippen molar-refractivity contribution in [1.82, 2.24) is 9.97 Å². The summed E-state index contributed by atoms with van der Waals surface area (Å²) in [6, 6.07) is 16.3. The van der Waals surface area contributed by atoms with Crippen LogP contribution in [0.15, 0.2) is 71.5 Å². The first-order chi connectivity index (χ1) is 14.0.